The predicted octanol–water partition coefficient (Wildman–Crippen LogP) is 3.85. The zero-order chi connectivity index (χ0) is 13.7. The first-order chi connectivity index (χ1) is 9.27. The first kappa shape index (κ1) is 13.4. The maximum Gasteiger partial charge on any atom is 0.205 e. The molecule has 3 nitrogen and oxygen atoms in total. The van der Waals surface area contributed by atoms with Gasteiger partial charge >= 0.3 is 0 Å². The lowest BCUT2D eigenvalue weighted by atomic mass is 10.3. The highest BCUT2D eigenvalue weighted by Gasteiger charge is 2.07. The van der Waals surface area contributed by atoms with E-state index in [1.54, 1.807) is 0 Å². The predicted molar refractivity (Wildman–Crippen MR) is 81.9 cm³/mol. The van der Waals surface area contributed by atoms with Crippen LogP contribution in [-0.4, -0.2) is 15.4 Å². The number of nitrogens with zero attached hydrogens (tertiary/aromatic N) is 2. The van der Waals surface area contributed by atoms with Crippen LogP contribution in [0.5, 0.6) is 0 Å². The molecule has 1 aromatic heterocycles. The third-order valence-electron chi connectivity index (χ3n) is 2.60. The van der Waals surface area contributed by atoms with Gasteiger partial charge in [-0.05, 0) is 24.3 Å². The molecule has 0 spiro atoms. The van der Waals surface area contributed by atoms with Crippen LogP contribution in [-0.2, 0) is 0 Å². The number of nitrogen functional groups attached to an aromatic ring is 1. The van der Waals surface area contributed by atoms with Crippen molar-refractivity contribution in [2.24, 2.45) is 0 Å². The second-order valence-corrected chi connectivity index (χ2v) is 4.43. The van der Waals surface area contributed by atoms with Gasteiger partial charge in [0.05, 0.1) is 11.0 Å². The first-order valence-electron chi connectivity index (χ1n) is 6.12. The summed E-state index contributed by atoms with van der Waals surface area (Å²) in [4.78, 5) is 4.33. The van der Waals surface area contributed by atoms with Gasteiger partial charge in [0, 0.05) is 11.6 Å². The van der Waals surface area contributed by atoms with Crippen LogP contribution in [0.2, 0.25) is 0 Å². The van der Waals surface area contributed by atoms with Gasteiger partial charge < -0.3 is 5.73 Å². The first-order valence-corrected chi connectivity index (χ1v) is 6.65. The molecule has 3 rings (SSSR count). The molecule has 0 atom stereocenters. The molecule has 0 aliphatic heterocycles. The molecule has 0 bridgehead atoms. The molecule has 0 saturated heterocycles. The van der Waals surface area contributed by atoms with E-state index in [2.05, 4.69) is 4.98 Å². The smallest absolute Gasteiger partial charge is 0.205 e. The fourth-order valence-corrected chi connectivity index (χ4v) is 1.89. The van der Waals surface area contributed by atoms with Crippen molar-refractivity contribution in [2.45, 2.75) is 6.92 Å². The third kappa shape index (κ3) is 2.88. The van der Waals surface area contributed by atoms with Crippen molar-refractivity contribution in [2.75, 3.05) is 11.6 Å². The summed E-state index contributed by atoms with van der Waals surface area (Å²) in [6.45, 7) is 1.89. The van der Waals surface area contributed by atoms with E-state index in [0.717, 1.165) is 22.6 Å². The van der Waals surface area contributed by atoms with Gasteiger partial charge in [-0.1, -0.05) is 37.3 Å². The molecule has 0 saturated carbocycles. The number of aromatic nitrogens is 2. The average Bonchev–Trinajstić information content (AvgIpc) is 2.76. The lowest BCUT2D eigenvalue weighted by molar-refractivity contribution is 1.11. The summed E-state index contributed by atoms with van der Waals surface area (Å²) >= 11 is 5.00. The van der Waals surface area contributed by atoms with Gasteiger partial charge in [-0.3, -0.25) is 4.57 Å². The van der Waals surface area contributed by atoms with Crippen LogP contribution in [0, 0.1) is 0 Å². The van der Waals surface area contributed by atoms with Gasteiger partial charge in [0.15, 0.2) is 0 Å². The molecule has 1 heterocycles. The number of benzene rings is 2. The Kier molecular flexibility index (Phi) is 4.42. The number of para-hydroxylation sites is 3. The summed E-state index contributed by atoms with van der Waals surface area (Å²) < 4.78 is 1.95. The van der Waals surface area contributed by atoms with E-state index in [9.17, 15) is 0 Å². The fraction of sp³-hybridized carbons (Fsp3) is 0.133. The highest BCUT2D eigenvalue weighted by atomic mass is 35.5. The average molecular weight is 274 g/mol. The van der Waals surface area contributed by atoms with Crippen LogP contribution >= 0.6 is 11.6 Å². The zero-order valence-corrected chi connectivity index (χ0v) is 11.5. The molecule has 0 unspecified atom stereocenters. The topological polar surface area (TPSA) is 43.8 Å². The number of nitrogens with two attached hydrogens (primary N) is 1. The third-order valence-corrected chi connectivity index (χ3v) is 2.60. The molecular formula is C15H16ClN3. The van der Waals surface area contributed by atoms with E-state index < -0.39 is 0 Å². The zero-order valence-electron chi connectivity index (χ0n) is 10.8. The van der Waals surface area contributed by atoms with Crippen molar-refractivity contribution in [3.63, 3.8) is 0 Å². The van der Waals surface area contributed by atoms with Crippen LogP contribution in [0.15, 0.2) is 54.6 Å². The molecule has 0 fully saturated rings. The minimum absolute atomic E-state index is 0.521. The molecule has 0 aliphatic carbocycles. The number of hydrogen-bond acceptors (Lipinski definition) is 2. The van der Waals surface area contributed by atoms with E-state index >= 15 is 0 Å². The molecule has 0 amide bonds. The van der Waals surface area contributed by atoms with Gasteiger partial charge in [0.25, 0.3) is 0 Å². The number of anilines is 1. The van der Waals surface area contributed by atoms with Crippen LogP contribution in [0.4, 0.5) is 5.95 Å². The van der Waals surface area contributed by atoms with Gasteiger partial charge in [0.1, 0.15) is 0 Å². The van der Waals surface area contributed by atoms with Crippen LogP contribution < -0.4 is 5.73 Å². The van der Waals surface area contributed by atoms with Gasteiger partial charge in [-0.2, -0.15) is 0 Å². The second kappa shape index (κ2) is 6.25. The van der Waals surface area contributed by atoms with Crippen molar-refractivity contribution in [1.82, 2.24) is 9.55 Å². The maximum absolute atomic E-state index is 5.94. The summed E-state index contributed by atoms with van der Waals surface area (Å²) in [5.74, 6) is 1.24. The van der Waals surface area contributed by atoms with Gasteiger partial charge in [-0.15, -0.1) is 11.6 Å². The number of rotatable bonds is 1. The van der Waals surface area contributed by atoms with Gasteiger partial charge in [0.2, 0.25) is 5.95 Å². The number of halogens is 1. The van der Waals surface area contributed by atoms with Crippen molar-refractivity contribution in [3.8, 4) is 5.69 Å². The standard InChI is InChI=1S/C13H11N3.C2H5Cl/c14-13-15-11-8-4-5-9-12(11)16(13)10-6-2-1-3-7-10;1-2-3/h1-9H,(H2,14,15);2H2,1H3. The Morgan fingerprint density at radius 2 is 1.63 bits per heavy atom. The van der Waals surface area contributed by atoms with E-state index in [0.29, 0.717) is 5.95 Å². The summed E-state index contributed by atoms with van der Waals surface area (Å²) in [6.07, 6.45) is 0. The Morgan fingerprint density at radius 1 is 1.05 bits per heavy atom. The SMILES string of the molecule is CCCl.Nc1nc2ccccc2n1-c1ccccc1. The van der Waals surface area contributed by atoms with E-state index in [1.807, 2.05) is 66.1 Å². The largest absolute Gasteiger partial charge is 0.369 e. The van der Waals surface area contributed by atoms with Crippen molar-refractivity contribution in [1.29, 1.82) is 0 Å². The normalized spacial score (nSPS) is 10.0. The molecule has 19 heavy (non-hydrogen) atoms. The molecule has 4 heteroatoms. The minimum atomic E-state index is 0.521. The Morgan fingerprint density at radius 3 is 2.32 bits per heavy atom. The van der Waals surface area contributed by atoms with E-state index in [1.165, 1.54) is 0 Å². The highest BCUT2D eigenvalue weighted by molar-refractivity contribution is 6.17. The summed E-state index contributed by atoms with van der Waals surface area (Å²) in [6, 6.07) is 17.9. The number of hydrogen-bond donors (Lipinski definition) is 1. The van der Waals surface area contributed by atoms with Crippen LogP contribution in [0.25, 0.3) is 16.7 Å². The Labute approximate surface area is 117 Å². The molecule has 3 aromatic rings. The quantitative estimate of drug-likeness (QED) is 0.685. The van der Waals surface area contributed by atoms with E-state index in [-0.39, 0.29) is 0 Å². The maximum atomic E-state index is 5.94. The lowest BCUT2D eigenvalue weighted by Crippen LogP contribution is -1.99. The highest BCUT2D eigenvalue weighted by Crippen LogP contribution is 2.22. The summed E-state index contributed by atoms with van der Waals surface area (Å²) in [5, 5.41) is 0. The molecule has 98 valence electrons. The fourth-order valence-electron chi connectivity index (χ4n) is 1.89. The molecule has 0 radical (unpaired) electrons. The Hall–Kier alpha value is -2.00. The second-order valence-electron chi connectivity index (χ2n) is 3.90. The Bertz CT molecular complexity index is 647. The monoisotopic (exact) mass is 273 g/mol. The molecule has 2 N–H and O–H groups in total. The molecular weight excluding hydrogens is 258 g/mol. The lowest BCUT2D eigenvalue weighted by Gasteiger charge is -2.05. The van der Waals surface area contributed by atoms with E-state index in [4.69, 9.17) is 17.3 Å². The number of fused-ring (bicyclic) bond motifs is 1. The van der Waals surface area contributed by atoms with Crippen molar-refractivity contribution < 1.29 is 0 Å². The molecule has 0 aliphatic rings. The summed E-state index contributed by atoms with van der Waals surface area (Å²) in [7, 11) is 0. The van der Waals surface area contributed by atoms with Crippen LogP contribution in [0.1, 0.15) is 6.92 Å². The molecule has 2 aromatic carbocycles. The number of imidazole rings is 1. The minimum Gasteiger partial charge on any atom is -0.369 e. The van der Waals surface area contributed by atoms with Crippen molar-refractivity contribution >= 4 is 28.6 Å². The van der Waals surface area contributed by atoms with Gasteiger partial charge in [-0.25, -0.2) is 4.98 Å². The number of alkyl halides is 1. The van der Waals surface area contributed by atoms with Crippen molar-refractivity contribution in [3.05, 3.63) is 54.6 Å². The summed E-state index contributed by atoms with van der Waals surface area (Å²) in [5.41, 5.74) is 8.93. The van der Waals surface area contributed by atoms with Crippen LogP contribution in [0.3, 0.4) is 0 Å². The Balaban J connectivity index is 0.000000408.